The van der Waals surface area contributed by atoms with E-state index in [1.807, 2.05) is 4.90 Å². The summed E-state index contributed by atoms with van der Waals surface area (Å²) in [6, 6.07) is 0.646. The summed E-state index contributed by atoms with van der Waals surface area (Å²) in [6.45, 7) is 12.2. The molecule has 0 saturated carbocycles. The molecule has 0 aromatic rings. The highest BCUT2D eigenvalue weighted by Crippen LogP contribution is 2.23. The summed E-state index contributed by atoms with van der Waals surface area (Å²) in [7, 11) is 0. The lowest BCUT2D eigenvalue weighted by atomic mass is 9.99. The number of piperidine rings is 1. The Morgan fingerprint density at radius 3 is 2.62 bits per heavy atom. The van der Waals surface area contributed by atoms with Crippen molar-refractivity contribution in [3.8, 4) is 0 Å². The van der Waals surface area contributed by atoms with Crippen LogP contribution in [-0.4, -0.2) is 59.9 Å². The molecule has 2 heterocycles. The Morgan fingerprint density at radius 1 is 1.29 bits per heavy atom. The van der Waals surface area contributed by atoms with Crippen LogP contribution in [-0.2, 0) is 9.59 Å². The molecule has 2 saturated heterocycles. The van der Waals surface area contributed by atoms with Gasteiger partial charge in [0, 0.05) is 38.1 Å². The van der Waals surface area contributed by atoms with Crippen molar-refractivity contribution >= 4 is 11.8 Å². The fourth-order valence-electron chi connectivity index (χ4n) is 4.14. The third-order valence-corrected chi connectivity index (χ3v) is 5.80. The van der Waals surface area contributed by atoms with E-state index in [4.69, 9.17) is 0 Å². The first-order chi connectivity index (χ1) is 11.5. The molecule has 2 amide bonds. The zero-order chi connectivity index (χ0) is 17.7. The third kappa shape index (κ3) is 4.71. The van der Waals surface area contributed by atoms with Gasteiger partial charge in [0.15, 0.2) is 0 Å². The van der Waals surface area contributed by atoms with Crippen molar-refractivity contribution in [3.05, 3.63) is 0 Å². The zero-order valence-corrected chi connectivity index (χ0v) is 15.9. The van der Waals surface area contributed by atoms with E-state index in [0.29, 0.717) is 25.6 Å². The van der Waals surface area contributed by atoms with Gasteiger partial charge < -0.3 is 10.2 Å². The molecular weight excluding hydrogens is 302 g/mol. The molecule has 0 spiro atoms. The first-order valence-corrected chi connectivity index (χ1v) is 9.77. The number of amides is 2. The van der Waals surface area contributed by atoms with Crippen LogP contribution in [0.4, 0.5) is 0 Å². The maximum absolute atomic E-state index is 12.5. The Kier molecular flexibility index (Phi) is 7.08. The van der Waals surface area contributed by atoms with E-state index in [1.54, 1.807) is 0 Å². The van der Waals surface area contributed by atoms with E-state index in [0.717, 1.165) is 31.8 Å². The molecule has 2 rings (SSSR count). The van der Waals surface area contributed by atoms with Crippen LogP contribution in [0.25, 0.3) is 0 Å². The van der Waals surface area contributed by atoms with Crippen molar-refractivity contribution in [1.82, 2.24) is 15.1 Å². The van der Waals surface area contributed by atoms with E-state index in [1.165, 1.54) is 12.8 Å². The molecule has 0 aliphatic carbocycles. The first-order valence-electron chi connectivity index (χ1n) is 9.77. The van der Waals surface area contributed by atoms with Gasteiger partial charge in [-0.05, 0) is 45.1 Å². The molecule has 5 nitrogen and oxygen atoms in total. The number of carbonyl (C=O) groups excluding carboxylic acids is 2. The quantitative estimate of drug-likeness (QED) is 0.775. The summed E-state index contributed by atoms with van der Waals surface area (Å²) in [5.74, 6) is 0.763. The number of nitrogens with zero attached hydrogens (tertiary/aromatic N) is 2. The van der Waals surface area contributed by atoms with Gasteiger partial charge >= 0.3 is 0 Å². The van der Waals surface area contributed by atoms with Crippen molar-refractivity contribution in [3.63, 3.8) is 0 Å². The van der Waals surface area contributed by atoms with E-state index >= 15 is 0 Å². The molecule has 2 fully saturated rings. The van der Waals surface area contributed by atoms with E-state index in [2.05, 4.69) is 37.9 Å². The molecule has 1 N–H and O–H groups in total. The number of carbonyl (C=O) groups is 2. The second-order valence-corrected chi connectivity index (χ2v) is 7.75. The topological polar surface area (TPSA) is 52.7 Å². The fraction of sp³-hybridized carbons (Fsp3) is 0.895. The molecule has 5 heteroatoms. The number of nitrogens with one attached hydrogen (secondary N) is 1. The van der Waals surface area contributed by atoms with Crippen molar-refractivity contribution in [1.29, 1.82) is 0 Å². The minimum absolute atomic E-state index is 0.0497. The monoisotopic (exact) mass is 337 g/mol. The van der Waals surface area contributed by atoms with Crippen molar-refractivity contribution in [2.24, 2.45) is 11.8 Å². The molecule has 3 unspecified atom stereocenters. The molecule has 0 bridgehead atoms. The standard InChI is InChI=1S/C19H35N3O2/c1-5-17(6-2)22-13-16(10-18(22)23)19(24)20-11-15(4)21-9-7-8-14(3)12-21/h14-17H,5-13H2,1-4H3,(H,20,24). The Bertz CT molecular complexity index is 436. The molecule has 3 atom stereocenters. The Labute approximate surface area is 147 Å². The maximum atomic E-state index is 12.5. The minimum Gasteiger partial charge on any atom is -0.354 e. The van der Waals surface area contributed by atoms with Gasteiger partial charge in [-0.1, -0.05) is 20.8 Å². The maximum Gasteiger partial charge on any atom is 0.225 e. The summed E-state index contributed by atoms with van der Waals surface area (Å²) in [6.07, 6.45) is 4.85. The van der Waals surface area contributed by atoms with E-state index in [9.17, 15) is 9.59 Å². The second kappa shape index (κ2) is 8.84. The van der Waals surface area contributed by atoms with Gasteiger partial charge in [-0.25, -0.2) is 0 Å². The summed E-state index contributed by atoms with van der Waals surface area (Å²) in [5, 5.41) is 3.09. The normalized spacial score (nSPS) is 26.9. The summed E-state index contributed by atoms with van der Waals surface area (Å²) < 4.78 is 0. The van der Waals surface area contributed by atoms with Crippen LogP contribution in [0.5, 0.6) is 0 Å². The van der Waals surface area contributed by atoms with Crippen LogP contribution in [0.15, 0.2) is 0 Å². The molecule has 138 valence electrons. The average molecular weight is 338 g/mol. The SMILES string of the molecule is CCC(CC)N1CC(C(=O)NCC(C)N2CCCC(C)C2)CC1=O. The fourth-order valence-corrected chi connectivity index (χ4v) is 4.14. The second-order valence-electron chi connectivity index (χ2n) is 7.75. The van der Waals surface area contributed by atoms with Crippen LogP contribution in [0.3, 0.4) is 0 Å². The lowest BCUT2D eigenvalue weighted by molar-refractivity contribution is -0.130. The van der Waals surface area contributed by atoms with Crippen LogP contribution in [0.2, 0.25) is 0 Å². The number of hydrogen-bond donors (Lipinski definition) is 1. The largest absolute Gasteiger partial charge is 0.354 e. The summed E-state index contributed by atoms with van der Waals surface area (Å²) in [4.78, 5) is 29.1. The predicted molar refractivity (Wildman–Crippen MR) is 96.6 cm³/mol. The average Bonchev–Trinajstić information content (AvgIpc) is 2.95. The minimum atomic E-state index is -0.175. The van der Waals surface area contributed by atoms with Crippen molar-refractivity contribution in [2.45, 2.75) is 71.9 Å². The molecular formula is C19H35N3O2. The molecule has 0 aromatic heterocycles. The highest BCUT2D eigenvalue weighted by Gasteiger charge is 2.37. The Hall–Kier alpha value is -1.10. The van der Waals surface area contributed by atoms with Gasteiger partial charge in [-0.2, -0.15) is 0 Å². The summed E-state index contributed by atoms with van der Waals surface area (Å²) in [5.41, 5.74) is 0. The smallest absolute Gasteiger partial charge is 0.225 e. The van der Waals surface area contributed by atoms with Crippen LogP contribution >= 0.6 is 0 Å². The molecule has 2 aliphatic heterocycles. The van der Waals surface area contributed by atoms with Crippen molar-refractivity contribution < 1.29 is 9.59 Å². The van der Waals surface area contributed by atoms with E-state index < -0.39 is 0 Å². The Morgan fingerprint density at radius 2 is 2.00 bits per heavy atom. The lowest BCUT2D eigenvalue weighted by Gasteiger charge is -2.35. The highest BCUT2D eigenvalue weighted by atomic mass is 16.2. The number of rotatable bonds is 7. The lowest BCUT2D eigenvalue weighted by Crippen LogP contribution is -2.47. The number of hydrogen-bond acceptors (Lipinski definition) is 3. The van der Waals surface area contributed by atoms with Crippen molar-refractivity contribution in [2.75, 3.05) is 26.2 Å². The van der Waals surface area contributed by atoms with Gasteiger partial charge in [0.2, 0.25) is 11.8 Å². The van der Waals surface area contributed by atoms with Gasteiger partial charge in [-0.15, -0.1) is 0 Å². The van der Waals surface area contributed by atoms with Crippen LogP contribution < -0.4 is 5.32 Å². The molecule has 0 radical (unpaired) electrons. The van der Waals surface area contributed by atoms with E-state index in [-0.39, 0.29) is 23.8 Å². The first kappa shape index (κ1) is 19.2. The van der Waals surface area contributed by atoms with Crippen LogP contribution in [0, 0.1) is 11.8 Å². The van der Waals surface area contributed by atoms with Gasteiger partial charge in [0.05, 0.1) is 5.92 Å². The highest BCUT2D eigenvalue weighted by molar-refractivity contribution is 5.89. The zero-order valence-electron chi connectivity index (χ0n) is 15.9. The van der Waals surface area contributed by atoms with Gasteiger partial charge in [0.1, 0.15) is 0 Å². The molecule has 24 heavy (non-hydrogen) atoms. The van der Waals surface area contributed by atoms with Gasteiger partial charge in [0.25, 0.3) is 0 Å². The molecule has 0 aromatic carbocycles. The van der Waals surface area contributed by atoms with Gasteiger partial charge in [-0.3, -0.25) is 14.5 Å². The molecule has 2 aliphatic rings. The third-order valence-electron chi connectivity index (χ3n) is 5.80. The predicted octanol–water partition coefficient (Wildman–Crippen LogP) is 2.26. The van der Waals surface area contributed by atoms with Crippen LogP contribution in [0.1, 0.15) is 59.8 Å². The Balaban J connectivity index is 1.79. The number of likely N-dealkylation sites (tertiary alicyclic amines) is 2. The summed E-state index contributed by atoms with van der Waals surface area (Å²) >= 11 is 0.